The fraction of sp³-hybridized carbons (Fsp3) is 0.444. The predicted octanol–water partition coefficient (Wildman–Crippen LogP) is 2.81. The largest absolute Gasteiger partial charge is 0.419 e. The average molecular weight is 330 g/mol. The molecule has 6 nitrogen and oxygen atoms in total. The van der Waals surface area contributed by atoms with Gasteiger partial charge in [0.05, 0.1) is 0 Å². The van der Waals surface area contributed by atoms with Gasteiger partial charge in [-0.3, -0.25) is 0 Å². The van der Waals surface area contributed by atoms with Crippen LogP contribution in [0.15, 0.2) is 36.0 Å². The molecule has 3 rings (SSSR count). The number of benzene rings is 1. The standard InChI is InChI=1S/C18H22N2O4/c1-18(2)23-16(21)15(17(22)24-18)12-19-13-7-6-8-14(11-13)20-9-4-3-5-10-20/h6-8,11-12,19H,3-5,9-10H2,1-2H3. The van der Waals surface area contributed by atoms with E-state index in [1.54, 1.807) is 0 Å². The lowest BCUT2D eigenvalue weighted by Gasteiger charge is -2.30. The lowest BCUT2D eigenvalue weighted by Crippen LogP contribution is -2.42. The Hall–Kier alpha value is -2.50. The smallest absolute Gasteiger partial charge is 0.350 e. The molecule has 128 valence electrons. The Morgan fingerprint density at radius 3 is 2.42 bits per heavy atom. The van der Waals surface area contributed by atoms with E-state index in [9.17, 15) is 9.59 Å². The molecule has 0 saturated carbocycles. The molecule has 1 N–H and O–H groups in total. The zero-order chi connectivity index (χ0) is 17.2. The Morgan fingerprint density at radius 2 is 1.75 bits per heavy atom. The molecule has 2 saturated heterocycles. The SMILES string of the molecule is CC1(C)OC(=O)C(=CNc2cccc(N3CCCCC3)c2)C(=O)O1. The molecule has 0 atom stereocenters. The number of esters is 2. The second-order valence-electron chi connectivity index (χ2n) is 6.48. The summed E-state index contributed by atoms with van der Waals surface area (Å²) in [7, 11) is 0. The number of piperidine rings is 1. The van der Waals surface area contributed by atoms with Gasteiger partial charge in [0.25, 0.3) is 5.79 Å². The highest BCUT2D eigenvalue weighted by molar-refractivity contribution is 6.15. The molecule has 0 bridgehead atoms. The van der Waals surface area contributed by atoms with Crippen molar-refractivity contribution in [3.05, 3.63) is 36.0 Å². The Morgan fingerprint density at radius 1 is 1.08 bits per heavy atom. The minimum atomic E-state index is -1.22. The first-order valence-electron chi connectivity index (χ1n) is 8.23. The van der Waals surface area contributed by atoms with E-state index in [4.69, 9.17) is 9.47 Å². The summed E-state index contributed by atoms with van der Waals surface area (Å²) in [5, 5.41) is 2.99. The van der Waals surface area contributed by atoms with E-state index in [2.05, 4.69) is 16.3 Å². The highest BCUT2D eigenvalue weighted by Gasteiger charge is 2.38. The first-order chi connectivity index (χ1) is 11.4. The normalized spacial score (nSPS) is 20.2. The van der Waals surface area contributed by atoms with Gasteiger partial charge in [-0.15, -0.1) is 0 Å². The lowest BCUT2D eigenvalue weighted by molar-refractivity contribution is -0.222. The third kappa shape index (κ3) is 3.69. The minimum Gasteiger partial charge on any atom is -0.419 e. The van der Waals surface area contributed by atoms with Gasteiger partial charge in [-0.1, -0.05) is 6.07 Å². The van der Waals surface area contributed by atoms with E-state index in [1.807, 2.05) is 18.2 Å². The summed E-state index contributed by atoms with van der Waals surface area (Å²) in [4.78, 5) is 26.2. The number of anilines is 2. The van der Waals surface area contributed by atoms with Crippen LogP contribution >= 0.6 is 0 Å². The Labute approximate surface area is 141 Å². The van der Waals surface area contributed by atoms with Crippen LogP contribution in [0.5, 0.6) is 0 Å². The van der Waals surface area contributed by atoms with E-state index in [1.165, 1.54) is 39.3 Å². The molecule has 0 unspecified atom stereocenters. The fourth-order valence-corrected chi connectivity index (χ4v) is 2.88. The molecule has 1 aromatic carbocycles. The van der Waals surface area contributed by atoms with Crippen LogP contribution in [0, 0.1) is 0 Å². The summed E-state index contributed by atoms with van der Waals surface area (Å²) in [6.45, 7) is 5.15. The minimum absolute atomic E-state index is 0.141. The van der Waals surface area contributed by atoms with Crippen molar-refractivity contribution in [2.75, 3.05) is 23.3 Å². The van der Waals surface area contributed by atoms with Gasteiger partial charge in [-0.05, 0) is 37.5 Å². The number of hydrogen-bond donors (Lipinski definition) is 1. The molecule has 0 radical (unpaired) electrons. The maximum Gasteiger partial charge on any atom is 0.350 e. The topological polar surface area (TPSA) is 67.9 Å². The Balaban J connectivity index is 1.72. The first-order valence-corrected chi connectivity index (χ1v) is 8.23. The predicted molar refractivity (Wildman–Crippen MR) is 90.5 cm³/mol. The van der Waals surface area contributed by atoms with Crippen molar-refractivity contribution in [1.29, 1.82) is 0 Å². The van der Waals surface area contributed by atoms with Gasteiger partial charge in [-0.2, -0.15) is 0 Å². The first kappa shape index (κ1) is 16.4. The quantitative estimate of drug-likeness (QED) is 0.522. The Bertz CT molecular complexity index is 653. The summed E-state index contributed by atoms with van der Waals surface area (Å²) < 4.78 is 10.1. The van der Waals surface area contributed by atoms with Gasteiger partial charge >= 0.3 is 11.9 Å². The molecule has 0 aliphatic carbocycles. The van der Waals surface area contributed by atoms with E-state index < -0.39 is 17.7 Å². The van der Waals surface area contributed by atoms with Crippen molar-refractivity contribution >= 4 is 23.3 Å². The maximum atomic E-state index is 11.9. The number of cyclic esters (lactones) is 2. The summed E-state index contributed by atoms with van der Waals surface area (Å²) in [5.74, 6) is -2.59. The van der Waals surface area contributed by atoms with Crippen molar-refractivity contribution in [2.45, 2.75) is 38.9 Å². The number of rotatable bonds is 3. The van der Waals surface area contributed by atoms with E-state index >= 15 is 0 Å². The molecule has 2 aliphatic heterocycles. The van der Waals surface area contributed by atoms with E-state index in [-0.39, 0.29) is 5.57 Å². The molecule has 24 heavy (non-hydrogen) atoms. The molecular formula is C18H22N2O4. The number of carbonyl (C=O) groups excluding carboxylic acids is 2. The van der Waals surface area contributed by atoms with Crippen molar-refractivity contribution in [2.24, 2.45) is 0 Å². The monoisotopic (exact) mass is 330 g/mol. The van der Waals surface area contributed by atoms with Crippen molar-refractivity contribution < 1.29 is 19.1 Å². The average Bonchev–Trinajstić information content (AvgIpc) is 2.54. The van der Waals surface area contributed by atoms with Crippen molar-refractivity contribution in [3.63, 3.8) is 0 Å². The van der Waals surface area contributed by atoms with Crippen LogP contribution in [0.1, 0.15) is 33.1 Å². The molecule has 0 amide bonds. The molecule has 2 aliphatic rings. The van der Waals surface area contributed by atoms with Gasteiger partial charge in [0.15, 0.2) is 5.57 Å². The van der Waals surface area contributed by atoms with E-state index in [0.29, 0.717) is 0 Å². The highest BCUT2D eigenvalue weighted by Crippen LogP contribution is 2.25. The fourth-order valence-electron chi connectivity index (χ4n) is 2.88. The van der Waals surface area contributed by atoms with Gasteiger partial charge < -0.3 is 19.7 Å². The van der Waals surface area contributed by atoms with Crippen LogP contribution in [0.3, 0.4) is 0 Å². The number of hydrogen-bond acceptors (Lipinski definition) is 6. The number of carbonyl (C=O) groups is 2. The van der Waals surface area contributed by atoms with Crippen LogP contribution in [0.2, 0.25) is 0 Å². The second kappa shape index (κ2) is 6.55. The third-order valence-electron chi connectivity index (χ3n) is 4.07. The van der Waals surface area contributed by atoms with Crippen LogP contribution in [-0.4, -0.2) is 30.8 Å². The zero-order valence-electron chi connectivity index (χ0n) is 14.0. The van der Waals surface area contributed by atoms with E-state index in [0.717, 1.165) is 24.5 Å². The highest BCUT2D eigenvalue weighted by atomic mass is 16.7. The molecule has 0 spiro atoms. The molecular weight excluding hydrogens is 308 g/mol. The zero-order valence-corrected chi connectivity index (χ0v) is 14.0. The van der Waals surface area contributed by atoms with Crippen molar-refractivity contribution in [1.82, 2.24) is 0 Å². The molecule has 2 heterocycles. The van der Waals surface area contributed by atoms with Gasteiger partial charge in [-0.25, -0.2) is 9.59 Å². The maximum absolute atomic E-state index is 11.9. The van der Waals surface area contributed by atoms with Crippen LogP contribution in [0.25, 0.3) is 0 Å². The van der Waals surface area contributed by atoms with Gasteiger partial charge in [0, 0.05) is 44.5 Å². The molecule has 2 fully saturated rings. The number of nitrogens with zero attached hydrogens (tertiary/aromatic N) is 1. The lowest BCUT2D eigenvalue weighted by atomic mass is 10.1. The number of nitrogens with one attached hydrogen (secondary N) is 1. The summed E-state index contributed by atoms with van der Waals surface area (Å²) in [6.07, 6.45) is 5.03. The second-order valence-corrected chi connectivity index (χ2v) is 6.48. The van der Waals surface area contributed by atoms with Gasteiger partial charge in [0.2, 0.25) is 0 Å². The number of ether oxygens (including phenoxy) is 2. The van der Waals surface area contributed by atoms with Gasteiger partial charge in [0.1, 0.15) is 0 Å². The van der Waals surface area contributed by atoms with Crippen molar-refractivity contribution in [3.8, 4) is 0 Å². The summed E-state index contributed by atoms with van der Waals surface area (Å²) in [6, 6.07) is 7.90. The van der Waals surface area contributed by atoms with Crippen LogP contribution in [-0.2, 0) is 19.1 Å². The summed E-state index contributed by atoms with van der Waals surface area (Å²) in [5.41, 5.74) is 1.79. The molecule has 6 heteroatoms. The summed E-state index contributed by atoms with van der Waals surface area (Å²) >= 11 is 0. The molecule has 0 aromatic heterocycles. The Kier molecular flexibility index (Phi) is 4.46. The molecule has 1 aromatic rings. The van der Waals surface area contributed by atoms with Crippen LogP contribution in [0.4, 0.5) is 11.4 Å². The third-order valence-corrected chi connectivity index (χ3v) is 4.07. The van der Waals surface area contributed by atoms with Crippen LogP contribution < -0.4 is 10.2 Å².